The van der Waals surface area contributed by atoms with Crippen molar-refractivity contribution in [3.05, 3.63) is 59.9 Å². The van der Waals surface area contributed by atoms with Gasteiger partial charge in [0.05, 0.1) is 18.5 Å². The molecule has 7 heteroatoms. The van der Waals surface area contributed by atoms with Crippen LogP contribution in [-0.4, -0.2) is 24.5 Å². The van der Waals surface area contributed by atoms with E-state index in [0.29, 0.717) is 16.9 Å². The van der Waals surface area contributed by atoms with E-state index in [1.165, 1.54) is 19.4 Å². The number of methoxy groups -OCH3 is 1. The second kappa shape index (κ2) is 8.00. The molecule has 2 rings (SSSR count). The number of thiocarbonyl (C=S) groups is 1. The Morgan fingerprint density at radius 2 is 1.91 bits per heavy atom. The first kappa shape index (κ1) is 16.6. The maximum absolute atomic E-state index is 13.6. The molecular formula is C16H14FN3O2S. The zero-order valence-corrected chi connectivity index (χ0v) is 13.1. The highest BCUT2D eigenvalue weighted by atomic mass is 32.1. The molecule has 0 heterocycles. The van der Waals surface area contributed by atoms with Crippen LogP contribution in [0.3, 0.4) is 0 Å². The fourth-order valence-corrected chi connectivity index (χ4v) is 1.90. The Balaban J connectivity index is 2.16. The highest BCUT2D eigenvalue weighted by Crippen LogP contribution is 2.24. The lowest BCUT2D eigenvalue weighted by Gasteiger charge is -2.10. The first-order valence-electron chi connectivity index (χ1n) is 6.63. The van der Waals surface area contributed by atoms with Gasteiger partial charge in [-0.05, 0) is 30.4 Å². The van der Waals surface area contributed by atoms with Crippen LogP contribution in [0.25, 0.3) is 0 Å². The Labute approximate surface area is 138 Å². The molecule has 5 nitrogen and oxygen atoms in total. The minimum Gasteiger partial charge on any atom is -0.453 e. The van der Waals surface area contributed by atoms with Gasteiger partial charge >= 0.3 is 6.09 Å². The summed E-state index contributed by atoms with van der Waals surface area (Å²) < 4.78 is 18.1. The highest BCUT2D eigenvalue weighted by Gasteiger charge is 2.06. The van der Waals surface area contributed by atoms with Gasteiger partial charge in [-0.1, -0.05) is 30.3 Å². The number of halogens is 1. The molecule has 118 valence electrons. The van der Waals surface area contributed by atoms with E-state index in [9.17, 15) is 9.18 Å². The number of benzene rings is 2. The summed E-state index contributed by atoms with van der Waals surface area (Å²) in [7, 11) is 1.24. The smallest absolute Gasteiger partial charge is 0.413 e. The largest absolute Gasteiger partial charge is 0.453 e. The van der Waals surface area contributed by atoms with Crippen molar-refractivity contribution in [2.24, 2.45) is 4.99 Å². The molecule has 2 aromatic carbocycles. The van der Waals surface area contributed by atoms with Crippen LogP contribution in [0.5, 0.6) is 0 Å². The van der Waals surface area contributed by atoms with Crippen molar-refractivity contribution in [3.63, 3.8) is 0 Å². The van der Waals surface area contributed by atoms with Crippen molar-refractivity contribution >= 4 is 41.0 Å². The molecule has 0 atom stereocenters. The van der Waals surface area contributed by atoms with E-state index in [-0.39, 0.29) is 10.9 Å². The third kappa shape index (κ3) is 4.86. The monoisotopic (exact) mass is 331 g/mol. The molecule has 0 fully saturated rings. The molecular weight excluding hydrogens is 317 g/mol. The average Bonchev–Trinajstić information content (AvgIpc) is 2.55. The van der Waals surface area contributed by atoms with Crippen LogP contribution in [0, 0.1) is 5.82 Å². The predicted molar refractivity (Wildman–Crippen MR) is 91.9 cm³/mol. The number of nitrogens with zero attached hydrogens (tertiary/aromatic N) is 1. The Hall–Kier alpha value is -2.80. The molecule has 0 aromatic heterocycles. The number of aliphatic imine (C=N–C) groups is 1. The zero-order chi connectivity index (χ0) is 16.7. The number of carbonyl (C=O) groups is 1. The first-order valence-corrected chi connectivity index (χ1v) is 7.04. The number of rotatable bonds is 3. The second-order valence-electron chi connectivity index (χ2n) is 4.37. The lowest BCUT2D eigenvalue weighted by molar-refractivity contribution is 0.177. The number of anilines is 1. The third-order valence-corrected chi connectivity index (χ3v) is 3.01. The number of amides is 1. The predicted octanol–water partition coefficient (Wildman–Crippen LogP) is 3.63. The molecule has 0 aliphatic heterocycles. The van der Waals surface area contributed by atoms with Crippen molar-refractivity contribution in [1.82, 2.24) is 5.32 Å². The molecule has 2 aromatic rings. The fraction of sp³-hybridized carbons (Fsp3) is 0.0625. The van der Waals surface area contributed by atoms with Crippen LogP contribution in [0.2, 0.25) is 0 Å². The van der Waals surface area contributed by atoms with Gasteiger partial charge in [0.25, 0.3) is 0 Å². The lowest BCUT2D eigenvalue weighted by Crippen LogP contribution is -2.33. The molecule has 0 radical (unpaired) electrons. The number of alkyl carbamates (subject to hydrolysis) is 1. The molecule has 0 saturated carbocycles. The molecule has 0 aliphatic carbocycles. The van der Waals surface area contributed by atoms with Gasteiger partial charge in [0.2, 0.25) is 0 Å². The summed E-state index contributed by atoms with van der Waals surface area (Å²) in [5.41, 5.74) is 1.49. The summed E-state index contributed by atoms with van der Waals surface area (Å²) in [5, 5.41) is 5.25. The van der Waals surface area contributed by atoms with Crippen LogP contribution in [-0.2, 0) is 4.74 Å². The van der Waals surface area contributed by atoms with Crippen molar-refractivity contribution in [3.8, 4) is 0 Å². The topological polar surface area (TPSA) is 62.7 Å². The summed E-state index contributed by atoms with van der Waals surface area (Å²) in [5.74, 6) is -0.357. The molecule has 1 amide bonds. The van der Waals surface area contributed by atoms with Gasteiger partial charge in [-0.15, -0.1) is 0 Å². The maximum atomic E-state index is 13.6. The minimum atomic E-state index is -0.671. The van der Waals surface area contributed by atoms with E-state index < -0.39 is 6.09 Å². The quantitative estimate of drug-likeness (QED) is 0.666. The van der Waals surface area contributed by atoms with Crippen LogP contribution in [0.4, 0.5) is 20.6 Å². The summed E-state index contributed by atoms with van der Waals surface area (Å²) >= 11 is 5.00. The molecule has 2 N–H and O–H groups in total. The highest BCUT2D eigenvalue weighted by molar-refractivity contribution is 7.80. The lowest BCUT2D eigenvalue weighted by atomic mass is 10.2. The second-order valence-corrected chi connectivity index (χ2v) is 4.78. The van der Waals surface area contributed by atoms with Crippen molar-refractivity contribution in [1.29, 1.82) is 0 Å². The maximum Gasteiger partial charge on any atom is 0.413 e. The average molecular weight is 331 g/mol. The Bertz CT molecular complexity index is 750. The van der Waals surface area contributed by atoms with Crippen LogP contribution in [0.1, 0.15) is 5.56 Å². The van der Waals surface area contributed by atoms with Gasteiger partial charge in [-0.3, -0.25) is 10.3 Å². The van der Waals surface area contributed by atoms with E-state index in [0.717, 1.165) is 0 Å². The van der Waals surface area contributed by atoms with E-state index >= 15 is 0 Å². The SMILES string of the molecule is COC(=O)NC(=S)Nc1ccccc1N=Cc1ccccc1F. The van der Waals surface area contributed by atoms with E-state index in [4.69, 9.17) is 12.2 Å². The standard InChI is InChI=1S/C16H14FN3O2S/c1-22-16(21)20-15(23)19-14-9-5-4-8-13(14)18-10-11-6-2-3-7-12(11)17/h2-10H,1H3,(H2,19,20,21,23). The Morgan fingerprint density at radius 1 is 1.22 bits per heavy atom. The number of hydrogen-bond acceptors (Lipinski definition) is 4. The normalized spacial score (nSPS) is 10.3. The molecule has 0 saturated heterocycles. The van der Waals surface area contributed by atoms with Crippen molar-refractivity contribution < 1.29 is 13.9 Å². The summed E-state index contributed by atoms with van der Waals surface area (Å²) in [4.78, 5) is 15.4. The molecule has 0 spiro atoms. The Morgan fingerprint density at radius 3 is 2.65 bits per heavy atom. The van der Waals surface area contributed by atoms with Crippen molar-refractivity contribution in [2.45, 2.75) is 0 Å². The first-order chi connectivity index (χ1) is 11.1. The van der Waals surface area contributed by atoms with Gasteiger partial charge in [0.1, 0.15) is 5.82 Å². The minimum absolute atomic E-state index is 0.0744. The molecule has 0 bridgehead atoms. The number of para-hydroxylation sites is 2. The number of hydrogen-bond donors (Lipinski definition) is 2. The van der Waals surface area contributed by atoms with E-state index in [1.54, 1.807) is 42.5 Å². The number of ether oxygens (including phenoxy) is 1. The summed E-state index contributed by atoms with van der Waals surface area (Å²) in [6, 6.07) is 13.4. The van der Waals surface area contributed by atoms with Gasteiger partial charge < -0.3 is 10.1 Å². The molecule has 23 heavy (non-hydrogen) atoms. The zero-order valence-electron chi connectivity index (χ0n) is 12.2. The fourth-order valence-electron chi connectivity index (χ4n) is 1.71. The number of nitrogens with one attached hydrogen (secondary N) is 2. The van der Waals surface area contributed by atoms with Crippen LogP contribution < -0.4 is 10.6 Å². The van der Waals surface area contributed by atoms with Crippen LogP contribution >= 0.6 is 12.2 Å². The van der Waals surface area contributed by atoms with Crippen LogP contribution in [0.15, 0.2) is 53.5 Å². The van der Waals surface area contributed by atoms with Crippen molar-refractivity contribution in [2.75, 3.05) is 12.4 Å². The van der Waals surface area contributed by atoms with E-state index in [1.807, 2.05) is 0 Å². The molecule has 0 unspecified atom stereocenters. The summed E-state index contributed by atoms with van der Waals surface area (Å²) in [6.07, 6.45) is 0.752. The Kier molecular flexibility index (Phi) is 5.76. The van der Waals surface area contributed by atoms with Gasteiger partial charge in [0.15, 0.2) is 5.11 Å². The van der Waals surface area contributed by atoms with Gasteiger partial charge in [-0.25, -0.2) is 9.18 Å². The molecule has 0 aliphatic rings. The van der Waals surface area contributed by atoms with Gasteiger partial charge in [-0.2, -0.15) is 0 Å². The van der Waals surface area contributed by atoms with E-state index in [2.05, 4.69) is 20.4 Å². The summed E-state index contributed by atoms with van der Waals surface area (Å²) in [6.45, 7) is 0. The number of carbonyl (C=O) groups excluding carboxylic acids is 1. The van der Waals surface area contributed by atoms with Gasteiger partial charge in [0, 0.05) is 11.8 Å². The third-order valence-electron chi connectivity index (χ3n) is 2.80.